The van der Waals surface area contributed by atoms with Crippen molar-refractivity contribution in [2.24, 2.45) is 0 Å². The third-order valence-corrected chi connectivity index (χ3v) is 3.26. The number of halogens is 3. The summed E-state index contributed by atoms with van der Waals surface area (Å²) in [5.74, 6) is -2.45. The molecule has 1 aromatic heterocycles. The Kier molecular flexibility index (Phi) is 5.64. The number of aromatic nitrogens is 2. The predicted molar refractivity (Wildman–Crippen MR) is 81.8 cm³/mol. The first-order valence-electron chi connectivity index (χ1n) is 7.05. The molecule has 0 aliphatic heterocycles. The lowest BCUT2D eigenvalue weighted by molar-refractivity contribution is -0.385. The van der Waals surface area contributed by atoms with E-state index in [0.717, 1.165) is 23.0 Å². The number of nitro groups is 1. The largest absolute Gasteiger partial charge is 0.475 e. The van der Waals surface area contributed by atoms with Crippen LogP contribution in [-0.4, -0.2) is 34.3 Å². The maximum Gasteiger partial charge on any atom is 0.387 e. The number of methoxy groups -OCH3 is 1. The molecule has 0 radical (unpaired) electrons. The summed E-state index contributed by atoms with van der Waals surface area (Å²) in [4.78, 5) is 22.5. The second-order valence-electron chi connectivity index (χ2n) is 4.94. The summed E-state index contributed by atoms with van der Waals surface area (Å²) in [5, 5.41) is 17.0. The van der Waals surface area contributed by atoms with Gasteiger partial charge in [-0.1, -0.05) is 0 Å². The predicted octanol–water partition coefficient (Wildman–Crippen LogP) is 2.74. The zero-order valence-electron chi connectivity index (χ0n) is 13.5. The van der Waals surface area contributed by atoms with Gasteiger partial charge in [0.25, 0.3) is 0 Å². The van der Waals surface area contributed by atoms with E-state index in [1.165, 1.54) is 14.0 Å². The molecule has 1 aromatic carbocycles. The van der Waals surface area contributed by atoms with Crippen LogP contribution in [0.2, 0.25) is 0 Å². The summed E-state index contributed by atoms with van der Waals surface area (Å²) in [7, 11) is 1.18. The van der Waals surface area contributed by atoms with E-state index >= 15 is 0 Å². The molecule has 0 aliphatic carbocycles. The molecule has 0 bridgehead atoms. The van der Waals surface area contributed by atoms with Crippen LogP contribution in [0.3, 0.4) is 0 Å². The maximum atomic E-state index is 13.2. The van der Waals surface area contributed by atoms with Gasteiger partial charge in [-0.3, -0.25) is 14.9 Å². The summed E-state index contributed by atoms with van der Waals surface area (Å²) in [5.41, 5.74) is -0.646. The highest BCUT2D eigenvalue weighted by atomic mass is 19.3. The minimum atomic E-state index is -3.22. The average Bonchev–Trinajstić information content (AvgIpc) is 3.00. The van der Waals surface area contributed by atoms with Crippen LogP contribution in [0.1, 0.15) is 13.0 Å². The SMILES string of the molecule is COc1nn(C(C)C(=O)Nc2ccc(F)cc2OC(F)F)cc1[N+](=O)[O-]. The second-order valence-corrected chi connectivity index (χ2v) is 4.94. The van der Waals surface area contributed by atoms with Crippen LogP contribution in [0.15, 0.2) is 24.4 Å². The van der Waals surface area contributed by atoms with E-state index in [2.05, 4.69) is 15.2 Å². The third kappa shape index (κ3) is 4.20. The number of ether oxygens (including phenoxy) is 2. The minimum Gasteiger partial charge on any atom is -0.475 e. The molecule has 1 atom stereocenters. The van der Waals surface area contributed by atoms with Crippen molar-refractivity contribution >= 4 is 17.3 Å². The Morgan fingerprint density at radius 2 is 2.12 bits per heavy atom. The van der Waals surface area contributed by atoms with Gasteiger partial charge in [-0.05, 0) is 19.1 Å². The van der Waals surface area contributed by atoms with Gasteiger partial charge in [0.2, 0.25) is 5.91 Å². The van der Waals surface area contributed by atoms with Crippen LogP contribution in [0.5, 0.6) is 11.6 Å². The van der Waals surface area contributed by atoms with Crippen LogP contribution >= 0.6 is 0 Å². The van der Waals surface area contributed by atoms with Crippen molar-refractivity contribution in [1.82, 2.24) is 9.78 Å². The number of rotatable bonds is 7. The Morgan fingerprint density at radius 1 is 1.42 bits per heavy atom. The molecular weight excluding hydrogens is 361 g/mol. The zero-order valence-corrected chi connectivity index (χ0v) is 13.5. The monoisotopic (exact) mass is 374 g/mol. The number of amides is 1. The molecule has 1 heterocycles. The van der Waals surface area contributed by atoms with Crippen LogP contribution in [0.25, 0.3) is 0 Å². The first kappa shape index (κ1) is 19.0. The van der Waals surface area contributed by atoms with Crippen molar-refractivity contribution in [3.63, 3.8) is 0 Å². The molecular formula is C14H13F3N4O5. The molecule has 1 N–H and O–H groups in total. The van der Waals surface area contributed by atoms with Crippen LogP contribution < -0.4 is 14.8 Å². The Labute approximate surface area is 144 Å². The molecule has 0 saturated heterocycles. The summed E-state index contributed by atoms with van der Waals surface area (Å²) in [6.07, 6.45) is 0.990. The van der Waals surface area contributed by atoms with Crippen LogP contribution in [0.4, 0.5) is 24.5 Å². The van der Waals surface area contributed by atoms with E-state index in [9.17, 15) is 28.1 Å². The van der Waals surface area contributed by atoms with E-state index < -0.39 is 40.7 Å². The number of nitrogens with zero attached hydrogens (tertiary/aromatic N) is 3. The summed E-state index contributed by atoms with van der Waals surface area (Å²) in [6, 6.07) is 1.61. The lowest BCUT2D eigenvalue weighted by Crippen LogP contribution is -2.24. The molecule has 1 amide bonds. The van der Waals surface area contributed by atoms with Gasteiger partial charge >= 0.3 is 18.2 Å². The number of nitrogens with one attached hydrogen (secondary N) is 1. The van der Waals surface area contributed by atoms with Gasteiger partial charge in [0.15, 0.2) is 5.75 Å². The highest BCUT2D eigenvalue weighted by Gasteiger charge is 2.26. The number of hydrogen-bond acceptors (Lipinski definition) is 6. The van der Waals surface area contributed by atoms with Gasteiger partial charge in [0.05, 0.1) is 17.7 Å². The van der Waals surface area contributed by atoms with E-state index in [0.29, 0.717) is 6.07 Å². The maximum absolute atomic E-state index is 13.2. The van der Waals surface area contributed by atoms with Gasteiger partial charge < -0.3 is 14.8 Å². The van der Waals surface area contributed by atoms with Gasteiger partial charge in [-0.15, -0.1) is 5.10 Å². The second kappa shape index (κ2) is 7.72. The van der Waals surface area contributed by atoms with E-state index in [1.54, 1.807) is 0 Å². The highest BCUT2D eigenvalue weighted by Crippen LogP contribution is 2.29. The minimum absolute atomic E-state index is 0.197. The fourth-order valence-electron chi connectivity index (χ4n) is 1.98. The molecule has 26 heavy (non-hydrogen) atoms. The summed E-state index contributed by atoms with van der Waals surface area (Å²) >= 11 is 0. The van der Waals surface area contributed by atoms with Crippen molar-refractivity contribution in [2.75, 3.05) is 12.4 Å². The van der Waals surface area contributed by atoms with Gasteiger partial charge in [0.1, 0.15) is 18.1 Å². The standard InChI is InChI=1S/C14H13F3N4O5/c1-7(20-6-10(21(23)24)13(19-20)25-2)12(22)18-9-4-3-8(15)5-11(9)26-14(16)17/h3-7,14H,1-2H3,(H,18,22). The van der Waals surface area contributed by atoms with Crippen molar-refractivity contribution in [2.45, 2.75) is 19.6 Å². The number of benzene rings is 1. The zero-order chi connectivity index (χ0) is 19.4. The Bertz CT molecular complexity index is 827. The number of carbonyl (C=O) groups excluding carboxylic acids is 1. The molecule has 2 rings (SSSR count). The Balaban J connectivity index is 2.23. The van der Waals surface area contributed by atoms with Crippen molar-refractivity contribution in [3.05, 3.63) is 40.3 Å². The van der Waals surface area contributed by atoms with E-state index in [-0.39, 0.29) is 11.6 Å². The Morgan fingerprint density at radius 3 is 2.65 bits per heavy atom. The molecule has 0 aliphatic rings. The first-order chi connectivity index (χ1) is 12.2. The van der Waals surface area contributed by atoms with E-state index in [4.69, 9.17) is 4.74 Å². The fraction of sp³-hybridized carbons (Fsp3) is 0.286. The van der Waals surface area contributed by atoms with Crippen LogP contribution in [0, 0.1) is 15.9 Å². The fourth-order valence-corrected chi connectivity index (χ4v) is 1.98. The topological polar surface area (TPSA) is 109 Å². The summed E-state index contributed by atoms with van der Waals surface area (Å²) in [6.45, 7) is -1.86. The number of hydrogen-bond donors (Lipinski definition) is 1. The Hall–Kier alpha value is -3.31. The smallest absolute Gasteiger partial charge is 0.387 e. The molecule has 140 valence electrons. The van der Waals surface area contributed by atoms with Crippen molar-refractivity contribution in [3.8, 4) is 11.6 Å². The molecule has 0 fully saturated rings. The van der Waals surface area contributed by atoms with Gasteiger partial charge in [-0.25, -0.2) is 9.07 Å². The van der Waals surface area contributed by atoms with Crippen molar-refractivity contribution < 1.29 is 32.4 Å². The number of carbonyl (C=O) groups is 1. The number of alkyl halides is 2. The van der Waals surface area contributed by atoms with Gasteiger partial charge in [0, 0.05) is 6.07 Å². The van der Waals surface area contributed by atoms with Crippen molar-refractivity contribution in [1.29, 1.82) is 0 Å². The average molecular weight is 374 g/mol. The highest BCUT2D eigenvalue weighted by molar-refractivity contribution is 5.94. The lowest BCUT2D eigenvalue weighted by atomic mass is 10.2. The molecule has 0 spiro atoms. The number of anilines is 1. The quantitative estimate of drug-likeness (QED) is 0.590. The molecule has 0 saturated carbocycles. The van der Waals surface area contributed by atoms with Crippen LogP contribution in [-0.2, 0) is 4.79 Å². The molecule has 9 nitrogen and oxygen atoms in total. The normalized spacial score (nSPS) is 11.9. The third-order valence-electron chi connectivity index (χ3n) is 3.26. The lowest BCUT2D eigenvalue weighted by Gasteiger charge is -2.15. The first-order valence-corrected chi connectivity index (χ1v) is 7.05. The van der Waals surface area contributed by atoms with Gasteiger partial charge in [-0.2, -0.15) is 8.78 Å². The summed E-state index contributed by atoms with van der Waals surface area (Å²) < 4.78 is 47.9. The van der Waals surface area contributed by atoms with E-state index in [1.807, 2.05) is 0 Å². The molecule has 2 aromatic rings. The molecule has 1 unspecified atom stereocenters. The molecule has 12 heteroatoms.